The normalized spacial score (nSPS) is 19.4. The van der Waals surface area contributed by atoms with E-state index in [0.717, 1.165) is 32.1 Å². The number of anilines is 1. The number of nitrogens with one attached hydrogen (secondary N) is 3. The predicted molar refractivity (Wildman–Crippen MR) is 95.7 cm³/mol. The Hall–Kier alpha value is -2.64. The number of hydrazine groups is 1. The molecule has 1 aromatic rings. The SMILES string of the molecule is CCCCCCC[C@@]1(C)NC(=O)N(NC(=O)Nc2ccccc2F)C1=O. The fourth-order valence-corrected chi connectivity index (χ4v) is 2.85. The minimum absolute atomic E-state index is 0.0456. The number of unbranched alkanes of at least 4 members (excludes halogenated alkanes) is 4. The highest BCUT2D eigenvalue weighted by Gasteiger charge is 2.48. The molecule has 0 unspecified atom stereocenters. The molecule has 26 heavy (non-hydrogen) atoms. The molecule has 0 aromatic heterocycles. The number of amides is 5. The predicted octanol–water partition coefficient (Wildman–Crippen LogP) is 3.53. The van der Waals surface area contributed by atoms with E-state index in [9.17, 15) is 18.8 Å². The molecule has 0 saturated carbocycles. The molecular weight excluding hydrogens is 339 g/mol. The lowest BCUT2D eigenvalue weighted by Crippen LogP contribution is -2.50. The maximum Gasteiger partial charge on any atom is 0.344 e. The van der Waals surface area contributed by atoms with E-state index in [1.807, 2.05) is 0 Å². The largest absolute Gasteiger partial charge is 0.344 e. The molecule has 5 amide bonds. The molecule has 1 aliphatic rings. The first-order valence-corrected chi connectivity index (χ1v) is 8.86. The molecule has 1 aliphatic heterocycles. The van der Waals surface area contributed by atoms with Crippen LogP contribution in [0, 0.1) is 5.82 Å². The van der Waals surface area contributed by atoms with Crippen molar-refractivity contribution in [2.24, 2.45) is 0 Å². The number of rotatable bonds is 8. The highest BCUT2D eigenvalue weighted by molar-refractivity contribution is 6.08. The zero-order valence-electron chi connectivity index (χ0n) is 15.1. The number of hydrogen-bond acceptors (Lipinski definition) is 3. The third-order valence-corrected chi connectivity index (χ3v) is 4.38. The van der Waals surface area contributed by atoms with Gasteiger partial charge in [-0.25, -0.2) is 19.4 Å². The van der Waals surface area contributed by atoms with Gasteiger partial charge in [-0.3, -0.25) is 4.79 Å². The monoisotopic (exact) mass is 364 g/mol. The number of imide groups is 1. The summed E-state index contributed by atoms with van der Waals surface area (Å²) in [6.07, 6.45) is 5.63. The molecule has 0 spiro atoms. The molecule has 1 heterocycles. The van der Waals surface area contributed by atoms with Crippen LogP contribution in [0.4, 0.5) is 19.7 Å². The van der Waals surface area contributed by atoms with Gasteiger partial charge < -0.3 is 10.6 Å². The molecule has 0 radical (unpaired) electrons. The first kappa shape index (κ1) is 19.7. The van der Waals surface area contributed by atoms with Crippen molar-refractivity contribution >= 4 is 23.7 Å². The van der Waals surface area contributed by atoms with Crippen molar-refractivity contribution in [2.75, 3.05) is 5.32 Å². The Labute approximate surface area is 152 Å². The van der Waals surface area contributed by atoms with Gasteiger partial charge in [0, 0.05) is 0 Å². The quantitative estimate of drug-likeness (QED) is 0.487. The van der Waals surface area contributed by atoms with Gasteiger partial charge in [0.2, 0.25) is 0 Å². The highest BCUT2D eigenvalue weighted by atomic mass is 19.1. The molecule has 0 aliphatic carbocycles. The Morgan fingerprint density at radius 1 is 1.19 bits per heavy atom. The van der Waals surface area contributed by atoms with Crippen LogP contribution in [-0.2, 0) is 4.79 Å². The molecule has 1 fully saturated rings. The zero-order chi connectivity index (χ0) is 19.2. The summed E-state index contributed by atoms with van der Waals surface area (Å²) in [5.41, 5.74) is 1.08. The molecule has 7 nitrogen and oxygen atoms in total. The lowest BCUT2D eigenvalue weighted by atomic mass is 9.94. The average molecular weight is 364 g/mol. The molecule has 0 bridgehead atoms. The van der Waals surface area contributed by atoms with E-state index in [4.69, 9.17) is 0 Å². The van der Waals surface area contributed by atoms with Crippen LogP contribution in [0.2, 0.25) is 0 Å². The zero-order valence-corrected chi connectivity index (χ0v) is 15.1. The van der Waals surface area contributed by atoms with Crippen molar-refractivity contribution in [3.8, 4) is 0 Å². The third-order valence-electron chi connectivity index (χ3n) is 4.38. The van der Waals surface area contributed by atoms with Gasteiger partial charge >= 0.3 is 12.1 Å². The van der Waals surface area contributed by atoms with Crippen molar-refractivity contribution in [1.82, 2.24) is 15.8 Å². The fourth-order valence-electron chi connectivity index (χ4n) is 2.85. The van der Waals surface area contributed by atoms with E-state index in [2.05, 4.69) is 23.0 Å². The summed E-state index contributed by atoms with van der Waals surface area (Å²) in [6, 6.07) is 4.05. The van der Waals surface area contributed by atoms with Crippen LogP contribution in [0.1, 0.15) is 52.4 Å². The Morgan fingerprint density at radius 2 is 1.88 bits per heavy atom. The molecule has 3 N–H and O–H groups in total. The number of carbonyl (C=O) groups excluding carboxylic acids is 3. The Kier molecular flexibility index (Phi) is 6.54. The number of carbonyl (C=O) groups is 3. The number of benzene rings is 1. The number of para-hydroxylation sites is 1. The van der Waals surface area contributed by atoms with Gasteiger partial charge in [0.15, 0.2) is 0 Å². The lowest BCUT2D eigenvalue weighted by molar-refractivity contribution is -0.132. The summed E-state index contributed by atoms with van der Waals surface area (Å²) in [5.74, 6) is -1.14. The smallest absolute Gasteiger partial charge is 0.322 e. The van der Waals surface area contributed by atoms with Crippen molar-refractivity contribution in [3.05, 3.63) is 30.1 Å². The van der Waals surface area contributed by atoms with Gasteiger partial charge in [0.05, 0.1) is 5.69 Å². The van der Waals surface area contributed by atoms with Gasteiger partial charge in [-0.05, 0) is 25.5 Å². The summed E-state index contributed by atoms with van der Waals surface area (Å²) in [6.45, 7) is 3.77. The van der Waals surface area contributed by atoms with Crippen molar-refractivity contribution in [2.45, 2.75) is 57.9 Å². The van der Waals surface area contributed by atoms with E-state index in [-0.39, 0.29) is 5.69 Å². The van der Waals surface area contributed by atoms with Gasteiger partial charge in [0.1, 0.15) is 11.4 Å². The van der Waals surface area contributed by atoms with E-state index in [1.165, 1.54) is 18.2 Å². The van der Waals surface area contributed by atoms with Crippen LogP contribution in [-0.4, -0.2) is 28.5 Å². The van der Waals surface area contributed by atoms with Gasteiger partial charge in [0.25, 0.3) is 5.91 Å². The first-order valence-electron chi connectivity index (χ1n) is 8.86. The molecular formula is C18H25FN4O3. The fraction of sp³-hybridized carbons (Fsp3) is 0.500. The number of nitrogens with zero attached hydrogens (tertiary/aromatic N) is 1. The first-order chi connectivity index (χ1) is 12.4. The Bertz CT molecular complexity index is 682. The van der Waals surface area contributed by atoms with Crippen molar-refractivity contribution in [3.63, 3.8) is 0 Å². The average Bonchev–Trinajstić information content (AvgIpc) is 2.80. The number of hydrogen-bond donors (Lipinski definition) is 3. The van der Waals surface area contributed by atoms with Crippen molar-refractivity contribution in [1.29, 1.82) is 0 Å². The van der Waals surface area contributed by atoms with Gasteiger partial charge in [-0.15, -0.1) is 0 Å². The maximum absolute atomic E-state index is 13.6. The van der Waals surface area contributed by atoms with Crippen LogP contribution in [0.25, 0.3) is 0 Å². The van der Waals surface area contributed by atoms with E-state index >= 15 is 0 Å². The summed E-state index contributed by atoms with van der Waals surface area (Å²) in [5, 5.41) is 5.54. The summed E-state index contributed by atoms with van der Waals surface area (Å²) in [4.78, 5) is 36.6. The van der Waals surface area contributed by atoms with Crippen LogP contribution in [0.3, 0.4) is 0 Å². The summed E-state index contributed by atoms with van der Waals surface area (Å²) in [7, 11) is 0. The van der Waals surface area contributed by atoms with Crippen LogP contribution >= 0.6 is 0 Å². The van der Waals surface area contributed by atoms with Crippen LogP contribution in [0.15, 0.2) is 24.3 Å². The molecule has 2 rings (SSSR count). The molecule has 8 heteroatoms. The lowest BCUT2D eigenvalue weighted by Gasteiger charge is -2.21. The summed E-state index contributed by atoms with van der Waals surface area (Å²) < 4.78 is 13.6. The minimum Gasteiger partial charge on any atom is -0.322 e. The van der Waals surface area contributed by atoms with E-state index in [0.29, 0.717) is 11.4 Å². The molecule has 142 valence electrons. The van der Waals surface area contributed by atoms with E-state index in [1.54, 1.807) is 13.0 Å². The standard InChI is InChI=1S/C18H25FN4O3/c1-3-4-5-6-9-12-18(2)15(24)23(17(26)21-18)22-16(25)20-14-11-8-7-10-13(14)19/h7-8,10-11H,3-6,9,12H2,1-2H3,(H,21,26)(H2,20,22,25)/t18-/m1/s1. The second-order valence-corrected chi connectivity index (χ2v) is 6.61. The van der Waals surface area contributed by atoms with Gasteiger partial charge in [-0.1, -0.05) is 51.2 Å². The Morgan fingerprint density at radius 3 is 2.58 bits per heavy atom. The summed E-state index contributed by atoms with van der Waals surface area (Å²) >= 11 is 0. The highest BCUT2D eigenvalue weighted by Crippen LogP contribution is 2.23. The topological polar surface area (TPSA) is 90.5 Å². The van der Waals surface area contributed by atoms with Crippen LogP contribution in [0.5, 0.6) is 0 Å². The van der Waals surface area contributed by atoms with Crippen LogP contribution < -0.4 is 16.1 Å². The second kappa shape index (κ2) is 8.64. The third kappa shape index (κ3) is 4.71. The minimum atomic E-state index is -1.05. The molecule has 1 aromatic carbocycles. The van der Waals surface area contributed by atoms with Gasteiger partial charge in [-0.2, -0.15) is 5.01 Å². The van der Waals surface area contributed by atoms with Crippen molar-refractivity contribution < 1.29 is 18.8 Å². The Balaban J connectivity index is 1.91. The molecule has 1 atom stereocenters. The number of urea groups is 2. The maximum atomic E-state index is 13.6. The molecule has 1 saturated heterocycles. The second-order valence-electron chi connectivity index (χ2n) is 6.61. The number of halogens is 1. The van der Waals surface area contributed by atoms with E-state index < -0.39 is 29.3 Å².